The fourth-order valence-corrected chi connectivity index (χ4v) is 8.11. The molecule has 220 valence electrons. The van der Waals surface area contributed by atoms with Crippen LogP contribution >= 0.6 is 0 Å². The van der Waals surface area contributed by atoms with Crippen molar-refractivity contribution in [1.29, 1.82) is 5.26 Å². The summed E-state index contributed by atoms with van der Waals surface area (Å²) in [7, 11) is 0. The zero-order chi connectivity index (χ0) is 31.5. The number of para-hydroxylation sites is 3. The van der Waals surface area contributed by atoms with Crippen molar-refractivity contribution >= 4 is 81.6 Å². The van der Waals surface area contributed by atoms with Gasteiger partial charge in [0.1, 0.15) is 0 Å². The largest absolute Gasteiger partial charge is 0.308 e. The summed E-state index contributed by atoms with van der Waals surface area (Å²) in [6.45, 7) is 0. The highest BCUT2D eigenvalue weighted by Gasteiger charge is 2.26. The fourth-order valence-electron chi connectivity index (χ4n) is 8.11. The first-order valence-electron chi connectivity index (χ1n) is 16.1. The van der Waals surface area contributed by atoms with Crippen LogP contribution in [0.4, 0.5) is 0 Å². The first-order chi connectivity index (χ1) is 23.8. The number of aromatic nitrogens is 4. The molecule has 0 unspecified atom stereocenters. The topological polar surface area (TPSA) is 58.9 Å². The van der Waals surface area contributed by atoms with Crippen LogP contribution in [0.25, 0.3) is 98.8 Å². The van der Waals surface area contributed by atoms with Gasteiger partial charge in [0.05, 0.1) is 50.4 Å². The molecular formula is C43H23N5. The number of benzene rings is 7. The van der Waals surface area contributed by atoms with E-state index in [1.54, 1.807) is 0 Å². The molecule has 0 radical (unpaired) electrons. The molecule has 0 amide bonds. The number of rotatable bonds is 2. The van der Waals surface area contributed by atoms with Crippen LogP contribution in [0.1, 0.15) is 5.56 Å². The van der Waals surface area contributed by atoms with Gasteiger partial charge in [-0.1, -0.05) is 97.1 Å². The molecule has 0 saturated carbocycles. The first kappa shape index (κ1) is 25.4. The quantitative estimate of drug-likeness (QED) is 0.196. The molecule has 48 heavy (non-hydrogen) atoms. The highest BCUT2D eigenvalue weighted by molar-refractivity contribution is 6.38. The van der Waals surface area contributed by atoms with Gasteiger partial charge < -0.3 is 4.40 Å². The van der Waals surface area contributed by atoms with Crippen molar-refractivity contribution in [2.75, 3.05) is 0 Å². The molecular weight excluding hydrogens is 587 g/mol. The summed E-state index contributed by atoms with van der Waals surface area (Å²) in [6, 6.07) is 51.0. The lowest BCUT2D eigenvalue weighted by molar-refractivity contribution is 1.01. The van der Waals surface area contributed by atoms with Crippen molar-refractivity contribution in [3.05, 3.63) is 145 Å². The van der Waals surface area contributed by atoms with E-state index in [-0.39, 0.29) is 0 Å². The Hall–Kier alpha value is -6.77. The number of hydrogen-bond acceptors (Lipinski definition) is 3. The molecule has 7 aromatic carbocycles. The molecule has 0 aliphatic heterocycles. The second-order valence-electron chi connectivity index (χ2n) is 12.5. The van der Waals surface area contributed by atoms with Crippen LogP contribution in [0.3, 0.4) is 0 Å². The molecule has 0 spiro atoms. The van der Waals surface area contributed by atoms with Gasteiger partial charge in [0.15, 0.2) is 0 Å². The number of hydrogen-bond donors (Lipinski definition) is 0. The van der Waals surface area contributed by atoms with Crippen molar-refractivity contribution in [1.82, 2.24) is 18.9 Å². The van der Waals surface area contributed by atoms with Gasteiger partial charge in [0.2, 0.25) is 5.95 Å². The van der Waals surface area contributed by atoms with E-state index < -0.39 is 0 Å². The maximum absolute atomic E-state index is 9.71. The van der Waals surface area contributed by atoms with Gasteiger partial charge in [-0.25, -0.2) is 9.97 Å². The molecule has 0 saturated heterocycles. The van der Waals surface area contributed by atoms with E-state index in [0.717, 1.165) is 38.6 Å². The summed E-state index contributed by atoms with van der Waals surface area (Å²) in [5, 5.41) is 20.4. The van der Waals surface area contributed by atoms with Gasteiger partial charge in [-0.3, -0.25) is 4.57 Å². The summed E-state index contributed by atoms with van der Waals surface area (Å²) in [5.41, 5.74) is 8.91. The van der Waals surface area contributed by atoms with Gasteiger partial charge in [-0.05, 0) is 53.2 Å². The lowest BCUT2D eigenvalue weighted by Gasteiger charge is -2.12. The lowest BCUT2D eigenvalue weighted by atomic mass is 9.98. The average molecular weight is 610 g/mol. The predicted molar refractivity (Wildman–Crippen MR) is 196 cm³/mol. The van der Waals surface area contributed by atoms with Crippen molar-refractivity contribution in [2.24, 2.45) is 0 Å². The SMILES string of the molecule is N#Cc1cccc(-c2nc(-n3c4ccccc4c4c5c6c7ccccc7ccc6n6c7ccccc7c(cc43)c56)nc3ccccc23)c1. The van der Waals surface area contributed by atoms with E-state index >= 15 is 0 Å². The Kier molecular flexibility index (Phi) is 4.85. The highest BCUT2D eigenvalue weighted by atomic mass is 15.2. The smallest absolute Gasteiger partial charge is 0.235 e. The standard InChI is InChI=1S/C43H23N5/c44-24-25-10-9-12-27(22-25)41-30-15-3-6-17-33(30)45-43(46-41)48-35-19-8-5-16-31(35)39-37(48)23-32-29-14-4-7-18-34(29)47-36-21-20-26-11-1-2-13-28(26)38(36)40(39)42(32)47/h1-23H. The molecule has 5 nitrogen and oxygen atoms in total. The zero-order valence-electron chi connectivity index (χ0n) is 25.5. The monoisotopic (exact) mass is 609 g/mol. The Morgan fingerprint density at radius 1 is 0.500 bits per heavy atom. The van der Waals surface area contributed by atoms with Crippen LogP contribution < -0.4 is 0 Å². The minimum Gasteiger partial charge on any atom is -0.308 e. The lowest BCUT2D eigenvalue weighted by Crippen LogP contribution is -2.03. The Labute approximate surface area is 273 Å². The first-order valence-corrected chi connectivity index (χ1v) is 16.1. The van der Waals surface area contributed by atoms with E-state index in [1.807, 2.05) is 42.5 Å². The van der Waals surface area contributed by atoms with E-state index in [2.05, 4.69) is 112 Å². The predicted octanol–water partition coefficient (Wildman–Crippen LogP) is 10.6. The minimum atomic E-state index is 0.598. The molecule has 0 fully saturated rings. The third-order valence-corrected chi connectivity index (χ3v) is 10.0. The molecule has 4 aromatic heterocycles. The highest BCUT2D eigenvalue weighted by Crippen LogP contribution is 2.48. The Bertz CT molecular complexity index is 3190. The van der Waals surface area contributed by atoms with Gasteiger partial charge in [0, 0.05) is 43.3 Å². The number of nitriles is 1. The molecule has 5 heteroatoms. The third kappa shape index (κ3) is 3.18. The summed E-state index contributed by atoms with van der Waals surface area (Å²) in [5.74, 6) is 0.601. The second kappa shape index (κ2) is 9.16. The molecule has 11 rings (SSSR count). The molecule has 0 aliphatic carbocycles. The molecule has 11 aromatic rings. The van der Waals surface area contributed by atoms with Crippen molar-refractivity contribution in [2.45, 2.75) is 0 Å². The third-order valence-electron chi connectivity index (χ3n) is 10.0. The fraction of sp³-hybridized carbons (Fsp3) is 0. The second-order valence-corrected chi connectivity index (χ2v) is 12.5. The maximum atomic E-state index is 9.71. The van der Waals surface area contributed by atoms with Crippen LogP contribution in [-0.2, 0) is 0 Å². The van der Waals surface area contributed by atoms with E-state index in [4.69, 9.17) is 9.97 Å². The van der Waals surface area contributed by atoms with Crippen molar-refractivity contribution in [3.63, 3.8) is 0 Å². The zero-order valence-corrected chi connectivity index (χ0v) is 25.5. The van der Waals surface area contributed by atoms with Gasteiger partial charge >= 0.3 is 0 Å². The summed E-state index contributed by atoms with van der Waals surface area (Å²) in [6.07, 6.45) is 0. The van der Waals surface area contributed by atoms with Gasteiger partial charge in [0.25, 0.3) is 0 Å². The van der Waals surface area contributed by atoms with Crippen molar-refractivity contribution in [3.8, 4) is 23.3 Å². The van der Waals surface area contributed by atoms with E-state index in [1.165, 1.54) is 54.3 Å². The maximum Gasteiger partial charge on any atom is 0.235 e. The molecule has 0 atom stereocenters. The Balaban J connectivity index is 1.38. The summed E-state index contributed by atoms with van der Waals surface area (Å²) < 4.78 is 4.69. The van der Waals surface area contributed by atoms with Crippen LogP contribution in [0, 0.1) is 11.3 Å². The van der Waals surface area contributed by atoms with Gasteiger partial charge in [-0.15, -0.1) is 0 Å². The average Bonchev–Trinajstić information content (AvgIpc) is 3.79. The molecule has 0 aliphatic rings. The molecule has 0 N–H and O–H groups in total. The Morgan fingerprint density at radius 2 is 1.23 bits per heavy atom. The number of fused-ring (bicyclic) bond motifs is 13. The molecule has 4 heterocycles. The van der Waals surface area contributed by atoms with E-state index in [0.29, 0.717) is 11.5 Å². The van der Waals surface area contributed by atoms with E-state index in [9.17, 15) is 5.26 Å². The van der Waals surface area contributed by atoms with Gasteiger partial charge in [-0.2, -0.15) is 5.26 Å². The normalized spacial score (nSPS) is 12.1. The summed E-state index contributed by atoms with van der Waals surface area (Å²) in [4.78, 5) is 10.5. The van der Waals surface area contributed by atoms with Crippen LogP contribution in [0.2, 0.25) is 0 Å². The van der Waals surface area contributed by atoms with Crippen LogP contribution in [0.5, 0.6) is 0 Å². The number of nitrogens with zero attached hydrogens (tertiary/aromatic N) is 5. The Morgan fingerprint density at radius 3 is 2.10 bits per heavy atom. The minimum absolute atomic E-state index is 0.598. The van der Waals surface area contributed by atoms with Crippen LogP contribution in [-0.4, -0.2) is 18.9 Å². The van der Waals surface area contributed by atoms with Crippen molar-refractivity contribution < 1.29 is 0 Å². The molecule has 0 bridgehead atoms. The van der Waals surface area contributed by atoms with Crippen LogP contribution in [0.15, 0.2) is 140 Å². The summed E-state index contributed by atoms with van der Waals surface area (Å²) >= 11 is 0.